The number of rotatable bonds is 6. The fourth-order valence-electron chi connectivity index (χ4n) is 3.45. The number of nitrogens with one attached hydrogen (secondary N) is 2. The molecule has 2 heterocycles. The molecule has 0 spiro atoms. The Labute approximate surface area is 155 Å². The number of piperidine rings is 1. The first-order valence-corrected chi connectivity index (χ1v) is 8.75. The molecule has 0 aliphatic carbocycles. The van der Waals surface area contributed by atoms with E-state index in [4.69, 9.17) is 5.11 Å². The van der Waals surface area contributed by atoms with Crippen LogP contribution >= 0.6 is 0 Å². The lowest BCUT2D eigenvalue weighted by Crippen LogP contribution is -2.37. The summed E-state index contributed by atoms with van der Waals surface area (Å²) in [6.07, 6.45) is 6.50. The summed E-state index contributed by atoms with van der Waals surface area (Å²) >= 11 is 0. The lowest BCUT2D eigenvalue weighted by molar-refractivity contribution is -0.144. The number of carboxylic acid groups (broad SMARTS) is 2. The molecule has 1 amide bonds. The zero-order valence-electron chi connectivity index (χ0n) is 14.6. The predicted molar refractivity (Wildman–Crippen MR) is 99.5 cm³/mol. The quantitative estimate of drug-likeness (QED) is 0.578. The van der Waals surface area contributed by atoms with E-state index in [2.05, 4.69) is 10.3 Å². The van der Waals surface area contributed by atoms with Crippen LogP contribution in [0.3, 0.4) is 0 Å². The number of hydrogen-bond donors (Lipinski definition) is 4. The molecule has 1 saturated heterocycles. The summed E-state index contributed by atoms with van der Waals surface area (Å²) in [6, 6.07) is 4.41. The van der Waals surface area contributed by atoms with Gasteiger partial charge >= 0.3 is 11.9 Å². The van der Waals surface area contributed by atoms with Crippen molar-refractivity contribution in [3.63, 3.8) is 0 Å². The van der Waals surface area contributed by atoms with Crippen LogP contribution in [0.15, 0.2) is 36.5 Å². The summed E-state index contributed by atoms with van der Waals surface area (Å²) in [5, 5.41) is 21.7. The number of nitrogens with zero attached hydrogens (tertiary/aromatic N) is 1. The average Bonchev–Trinajstić information content (AvgIpc) is 3.04. The Bertz CT molecular complexity index is 896. The van der Waals surface area contributed by atoms with Gasteiger partial charge in [0.25, 0.3) is 0 Å². The van der Waals surface area contributed by atoms with Crippen LogP contribution in [0.2, 0.25) is 0 Å². The second kappa shape index (κ2) is 8.05. The number of likely N-dealkylation sites (tertiary alicyclic amines) is 1. The van der Waals surface area contributed by atoms with Crippen molar-refractivity contribution >= 4 is 34.4 Å². The summed E-state index contributed by atoms with van der Waals surface area (Å²) in [7, 11) is 0. The highest BCUT2D eigenvalue weighted by Crippen LogP contribution is 2.31. The number of fused-ring (bicyclic) bond motifs is 1. The highest BCUT2D eigenvalue weighted by atomic mass is 16.4. The van der Waals surface area contributed by atoms with Gasteiger partial charge in [-0.15, -0.1) is 0 Å². The van der Waals surface area contributed by atoms with E-state index in [9.17, 15) is 19.5 Å². The second-order valence-electron chi connectivity index (χ2n) is 6.50. The van der Waals surface area contributed by atoms with Gasteiger partial charge in [0.1, 0.15) is 6.04 Å². The second-order valence-corrected chi connectivity index (χ2v) is 6.50. The van der Waals surface area contributed by atoms with Crippen molar-refractivity contribution in [2.45, 2.75) is 25.3 Å². The molecule has 0 saturated carbocycles. The Morgan fingerprint density at radius 1 is 1.11 bits per heavy atom. The summed E-state index contributed by atoms with van der Waals surface area (Å²) in [5.41, 5.74) is 1.89. The number of benzene rings is 1. The first-order chi connectivity index (χ1) is 13.0. The summed E-state index contributed by atoms with van der Waals surface area (Å²) < 4.78 is 0. The molecule has 0 unspecified atom stereocenters. The van der Waals surface area contributed by atoms with Gasteiger partial charge in [-0.25, -0.2) is 4.79 Å². The van der Waals surface area contributed by atoms with Gasteiger partial charge in [0.15, 0.2) is 0 Å². The SMILES string of the molecule is O=C(O)/C=C/C(=O)Nc1ccc2c([C@@H](C(=O)O)N3CCCCC3)c[nH]c2c1. The highest BCUT2D eigenvalue weighted by molar-refractivity contribution is 6.03. The molecule has 1 aliphatic rings. The number of carbonyl (C=O) groups excluding carboxylic acids is 1. The molecule has 0 radical (unpaired) electrons. The first-order valence-electron chi connectivity index (χ1n) is 8.75. The molecule has 0 bridgehead atoms. The molecule has 27 heavy (non-hydrogen) atoms. The molecule has 1 aliphatic heterocycles. The van der Waals surface area contributed by atoms with E-state index in [-0.39, 0.29) is 0 Å². The Morgan fingerprint density at radius 3 is 2.52 bits per heavy atom. The van der Waals surface area contributed by atoms with Crippen LogP contribution in [-0.2, 0) is 14.4 Å². The lowest BCUT2D eigenvalue weighted by Gasteiger charge is -2.31. The Hall–Kier alpha value is -3.13. The van der Waals surface area contributed by atoms with E-state index in [1.54, 1.807) is 24.4 Å². The number of aliphatic carboxylic acids is 2. The number of carboxylic acids is 2. The minimum Gasteiger partial charge on any atom is -0.480 e. The molecule has 1 aromatic carbocycles. The van der Waals surface area contributed by atoms with E-state index in [1.165, 1.54) is 0 Å². The molecule has 4 N–H and O–H groups in total. The van der Waals surface area contributed by atoms with Crippen LogP contribution in [0.5, 0.6) is 0 Å². The van der Waals surface area contributed by atoms with Crippen LogP contribution in [0, 0.1) is 0 Å². The number of aromatic amines is 1. The first kappa shape index (κ1) is 18.7. The number of aromatic nitrogens is 1. The van der Waals surface area contributed by atoms with E-state index >= 15 is 0 Å². The third-order valence-electron chi connectivity index (χ3n) is 4.64. The Morgan fingerprint density at radius 2 is 1.85 bits per heavy atom. The average molecular weight is 371 g/mol. The largest absolute Gasteiger partial charge is 0.480 e. The van der Waals surface area contributed by atoms with Crippen LogP contribution in [-0.4, -0.2) is 51.0 Å². The van der Waals surface area contributed by atoms with Crippen molar-refractivity contribution in [1.29, 1.82) is 0 Å². The van der Waals surface area contributed by atoms with Gasteiger partial charge in [-0.05, 0) is 38.1 Å². The maximum atomic E-state index is 11.9. The molecule has 1 atom stereocenters. The zero-order valence-corrected chi connectivity index (χ0v) is 14.6. The van der Waals surface area contributed by atoms with Crippen molar-refractivity contribution in [3.05, 3.63) is 42.1 Å². The standard InChI is InChI=1S/C19H21N3O5/c23-16(6-7-17(24)25)21-12-4-5-13-14(11-20-15(13)10-12)18(19(26)27)22-8-2-1-3-9-22/h4-7,10-11,18,20H,1-3,8-9H2,(H,21,23)(H,24,25)(H,26,27)/b7-6+/t18-/m0/s1. The highest BCUT2D eigenvalue weighted by Gasteiger charge is 2.30. The van der Waals surface area contributed by atoms with Crippen molar-refractivity contribution in [1.82, 2.24) is 9.88 Å². The lowest BCUT2D eigenvalue weighted by atomic mass is 10.0. The summed E-state index contributed by atoms with van der Waals surface area (Å²) in [4.78, 5) is 39.1. The van der Waals surface area contributed by atoms with Crippen molar-refractivity contribution < 1.29 is 24.6 Å². The zero-order chi connectivity index (χ0) is 19.4. The molecule has 8 nitrogen and oxygen atoms in total. The molecule has 1 aromatic heterocycles. The van der Waals surface area contributed by atoms with Gasteiger partial charge in [0.2, 0.25) is 5.91 Å². The van der Waals surface area contributed by atoms with E-state index < -0.39 is 23.9 Å². The van der Waals surface area contributed by atoms with Crippen LogP contribution < -0.4 is 5.32 Å². The monoisotopic (exact) mass is 371 g/mol. The topological polar surface area (TPSA) is 123 Å². The van der Waals surface area contributed by atoms with Gasteiger partial charge in [-0.1, -0.05) is 12.5 Å². The normalized spacial score (nSPS) is 16.4. The van der Waals surface area contributed by atoms with Gasteiger partial charge in [-0.2, -0.15) is 0 Å². The Kier molecular flexibility index (Phi) is 5.56. The minimum atomic E-state index is -1.20. The number of amides is 1. The van der Waals surface area contributed by atoms with Crippen LogP contribution in [0.1, 0.15) is 30.9 Å². The molecule has 142 valence electrons. The van der Waals surface area contributed by atoms with E-state index in [0.29, 0.717) is 16.8 Å². The van der Waals surface area contributed by atoms with Gasteiger partial charge in [-0.3, -0.25) is 14.5 Å². The van der Waals surface area contributed by atoms with Crippen LogP contribution in [0.25, 0.3) is 10.9 Å². The van der Waals surface area contributed by atoms with Crippen molar-refractivity contribution in [3.8, 4) is 0 Å². The van der Waals surface area contributed by atoms with Crippen LogP contribution in [0.4, 0.5) is 5.69 Å². The van der Waals surface area contributed by atoms with Gasteiger partial charge in [0.05, 0.1) is 0 Å². The maximum absolute atomic E-state index is 11.9. The van der Waals surface area contributed by atoms with E-state index in [0.717, 1.165) is 49.9 Å². The van der Waals surface area contributed by atoms with Gasteiger partial charge < -0.3 is 20.5 Å². The predicted octanol–water partition coefficient (Wildman–Crippen LogP) is 2.36. The van der Waals surface area contributed by atoms with Crippen molar-refractivity contribution in [2.24, 2.45) is 0 Å². The fraction of sp³-hybridized carbons (Fsp3) is 0.316. The molecule has 1 fully saturated rings. The fourth-order valence-corrected chi connectivity index (χ4v) is 3.45. The summed E-state index contributed by atoms with van der Waals surface area (Å²) in [5.74, 6) is -2.64. The van der Waals surface area contributed by atoms with Crippen molar-refractivity contribution in [2.75, 3.05) is 18.4 Å². The number of hydrogen-bond acceptors (Lipinski definition) is 4. The number of carbonyl (C=O) groups is 3. The number of H-pyrrole nitrogens is 1. The molecule has 2 aromatic rings. The number of anilines is 1. The Balaban J connectivity index is 1.85. The molecular weight excluding hydrogens is 350 g/mol. The molecule has 8 heteroatoms. The third-order valence-corrected chi connectivity index (χ3v) is 4.64. The summed E-state index contributed by atoms with van der Waals surface area (Å²) in [6.45, 7) is 1.52. The van der Waals surface area contributed by atoms with E-state index in [1.807, 2.05) is 4.90 Å². The molecule has 3 rings (SSSR count). The third kappa shape index (κ3) is 4.35. The van der Waals surface area contributed by atoms with Gasteiger partial charge in [0, 0.05) is 40.5 Å². The minimum absolute atomic E-state index is 0.487. The maximum Gasteiger partial charge on any atom is 0.328 e. The smallest absolute Gasteiger partial charge is 0.328 e. The molecular formula is C19H21N3O5.